The van der Waals surface area contributed by atoms with Gasteiger partial charge in [0.25, 0.3) is 0 Å². The fourth-order valence-electron chi connectivity index (χ4n) is 1.26. The average molecular weight is 223 g/mol. The molecule has 0 saturated heterocycles. The van der Waals surface area contributed by atoms with E-state index < -0.39 is 0 Å². The quantitative estimate of drug-likeness (QED) is 0.787. The second kappa shape index (κ2) is 5.24. The van der Waals surface area contributed by atoms with Crippen molar-refractivity contribution in [2.24, 2.45) is 0 Å². The first-order valence-corrected chi connectivity index (χ1v) is 5.86. The molecule has 0 aliphatic rings. The fourth-order valence-corrected chi connectivity index (χ4v) is 2.26. The third kappa shape index (κ3) is 3.29. The number of nitrogens with zero attached hydrogens (tertiary/aromatic N) is 3. The number of hydrogen-bond donors (Lipinski definition) is 0. The summed E-state index contributed by atoms with van der Waals surface area (Å²) < 4.78 is 0. The summed E-state index contributed by atoms with van der Waals surface area (Å²) in [5.74, 6) is 0. The third-order valence-electron chi connectivity index (χ3n) is 2.60. The second-order valence-electron chi connectivity index (χ2n) is 3.88. The van der Waals surface area contributed by atoms with Gasteiger partial charge in [0.1, 0.15) is 5.01 Å². The Morgan fingerprint density at radius 3 is 2.67 bits per heavy atom. The summed E-state index contributed by atoms with van der Waals surface area (Å²) in [6.45, 7) is 7.03. The van der Waals surface area contributed by atoms with Crippen LogP contribution < -0.4 is 0 Å². The first kappa shape index (κ1) is 12.2. The van der Waals surface area contributed by atoms with Crippen LogP contribution in [0.2, 0.25) is 0 Å². The molecule has 0 aromatic carbocycles. The highest BCUT2D eigenvalue weighted by Gasteiger charge is 2.11. The Hall–Kier alpha value is -0.920. The van der Waals surface area contributed by atoms with Crippen molar-refractivity contribution in [3.8, 4) is 6.07 Å². The van der Waals surface area contributed by atoms with Crippen LogP contribution in [0.15, 0.2) is 0 Å². The van der Waals surface area contributed by atoms with Crippen LogP contribution in [0, 0.1) is 25.2 Å². The summed E-state index contributed by atoms with van der Waals surface area (Å²) >= 11 is 1.74. The van der Waals surface area contributed by atoms with E-state index in [1.807, 2.05) is 14.0 Å². The zero-order valence-corrected chi connectivity index (χ0v) is 10.6. The van der Waals surface area contributed by atoms with Gasteiger partial charge in [0, 0.05) is 10.9 Å². The van der Waals surface area contributed by atoms with Gasteiger partial charge in [-0.3, -0.25) is 4.90 Å². The van der Waals surface area contributed by atoms with Crippen molar-refractivity contribution in [3.63, 3.8) is 0 Å². The lowest BCUT2D eigenvalue weighted by molar-refractivity contribution is 0.252. The van der Waals surface area contributed by atoms with E-state index >= 15 is 0 Å². The molecule has 0 spiro atoms. The van der Waals surface area contributed by atoms with E-state index in [1.165, 1.54) is 4.88 Å². The van der Waals surface area contributed by atoms with Crippen LogP contribution in [0.3, 0.4) is 0 Å². The van der Waals surface area contributed by atoms with Crippen LogP contribution in [0.1, 0.15) is 28.9 Å². The molecule has 3 nitrogen and oxygen atoms in total. The van der Waals surface area contributed by atoms with Crippen LogP contribution in [-0.4, -0.2) is 23.0 Å². The molecular weight excluding hydrogens is 206 g/mol. The summed E-state index contributed by atoms with van der Waals surface area (Å²) in [6.07, 6.45) is 0.569. The van der Waals surface area contributed by atoms with Crippen molar-refractivity contribution in [2.75, 3.05) is 7.05 Å². The van der Waals surface area contributed by atoms with E-state index in [9.17, 15) is 0 Å². The molecule has 0 fully saturated rings. The van der Waals surface area contributed by atoms with Crippen molar-refractivity contribution < 1.29 is 0 Å². The maximum absolute atomic E-state index is 8.61. The molecule has 0 saturated carbocycles. The van der Waals surface area contributed by atoms with Gasteiger partial charge >= 0.3 is 0 Å². The van der Waals surface area contributed by atoms with E-state index in [-0.39, 0.29) is 0 Å². The Balaban J connectivity index is 2.58. The molecule has 0 aliphatic heterocycles. The topological polar surface area (TPSA) is 39.9 Å². The molecular formula is C11H17N3S. The maximum Gasteiger partial charge on any atom is 0.107 e. The number of thiazole rings is 1. The molecule has 1 heterocycles. The van der Waals surface area contributed by atoms with Gasteiger partial charge in [-0.25, -0.2) is 4.98 Å². The number of hydrogen-bond acceptors (Lipinski definition) is 4. The predicted octanol–water partition coefficient (Wildman–Crippen LogP) is 2.49. The molecule has 15 heavy (non-hydrogen) atoms. The molecule has 0 amide bonds. The molecule has 0 radical (unpaired) electrons. The van der Waals surface area contributed by atoms with Gasteiger partial charge in [0.2, 0.25) is 0 Å². The predicted molar refractivity (Wildman–Crippen MR) is 62.7 cm³/mol. The van der Waals surface area contributed by atoms with Crippen molar-refractivity contribution >= 4 is 11.3 Å². The Morgan fingerprint density at radius 1 is 1.53 bits per heavy atom. The molecule has 0 N–H and O–H groups in total. The molecule has 1 aromatic rings. The molecule has 1 aromatic heterocycles. The lowest BCUT2D eigenvalue weighted by atomic mass is 10.2. The van der Waals surface area contributed by atoms with Crippen molar-refractivity contribution in [1.82, 2.24) is 9.88 Å². The highest BCUT2D eigenvalue weighted by Crippen LogP contribution is 2.18. The molecule has 82 valence electrons. The van der Waals surface area contributed by atoms with Crippen LogP contribution in [0.4, 0.5) is 0 Å². The van der Waals surface area contributed by atoms with E-state index in [0.29, 0.717) is 12.5 Å². The number of nitriles is 1. The van der Waals surface area contributed by atoms with Crippen LogP contribution in [0.5, 0.6) is 0 Å². The molecule has 1 atom stereocenters. The normalized spacial score (nSPS) is 12.8. The zero-order valence-electron chi connectivity index (χ0n) is 9.74. The van der Waals surface area contributed by atoms with E-state index in [4.69, 9.17) is 5.26 Å². The average Bonchev–Trinajstić information content (AvgIpc) is 2.46. The first-order valence-electron chi connectivity index (χ1n) is 5.04. The third-order valence-corrected chi connectivity index (χ3v) is 3.65. The lowest BCUT2D eigenvalue weighted by Gasteiger charge is -2.20. The Kier molecular flexibility index (Phi) is 4.25. The van der Waals surface area contributed by atoms with E-state index in [2.05, 4.69) is 29.8 Å². The SMILES string of the molecule is Cc1nc(CN(C)C(C)CC#N)sc1C. The number of rotatable bonds is 4. The van der Waals surface area contributed by atoms with Crippen molar-refractivity contribution in [2.45, 2.75) is 39.8 Å². The number of aromatic nitrogens is 1. The summed E-state index contributed by atoms with van der Waals surface area (Å²) in [5, 5.41) is 9.75. The highest BCUT2D eigenvalue weighted by atomic mass is 32.1. The number of aryl methyl sites for hydroxylation is 2. The Labute approximate surface area is 95.4 Å². The van der Waals surface area contributed by atoms with E-state index in [0.717, 1.165) is 17.2 Å². The van der Waals surface area contributed by atoms with Crippen molar-refractivity contribution in [3.05, 3.63) is 15.6 Å². The van der Waals surface area contributed by atoms with Crippen LogP contribution >= 0.6 is 11.3 Å². The summed E-state index contributed by atoms with van der Waals surface area (Å²) in [7, 11) is 2.04. The van der Waals surface area contributed by atoms with Gasteiger partial charge in [0.15, 0.2) is 0 Å². The fraction of sp³-hybridized carbons (Fsp3) is 0.636. The molecule has 4 heteroatoms. The first-order chi connectivity index (χ1) is 7.04. The standard InChI is InChI=1S/C11H17N3S/c1-8(5-6-12)14(4)7-11-13-9(2)10(3)15-11/h8H,5,7H2,1-4H3. The van der Waals surface area contributed by atoms with Crippen molar-refractivity contribution in [1.29, 1.82) is 5.26 Å². The monoisotopic (exact) mass is 223 g/mol. The minimum atomic E-state index is 0.291. The van der Waals surface area contributed by atoms with Gasteiger partial charge in [-0.05, 0) is 27.8 Å². The maximum atomic E-state index is 8.61. The lowest BCUT2D eigenvalue weighted by Crippen LogP contribution is -2.28. The smallest absolute Gasteiger partial charge is 0.107 e. The highest BCUT2D eigenvalue weighted by molar-refractivity contribution is 7.11. The summed E-state index contributed by atoms with van der Waals surface area (Å²) in [6, 6.07) is 2.48. The minimum absolute atomic E-state index is 0.291. The summed E-state index contributed by atoms with van der Waals surface area (Å²) in [5.41, 5.74) is 1.12. The minimum Gasteiger partial charge on any atom is -0.296 e. The van der Waals surface area contributed by atoms with Crippen LogP contribution in [-0.2, 0) is 6.54 Å². The molecule has 1 rings (SSSR count). The second-order valence-corrected chi connectivity index (χ2v) is 5.16. The van der Waals surface area contributed by atoms with Gasteiger partial charge in [0.05, 0.1) is 24.7 Å². The zero-order chi connectivity index (χ0) is 11.4. The van der Waals surface area contributed by atoms with Gasteiger partial charge < -0.3 is 0 Å². The molecule has 0 bridgehead atoms. The summed E-state index contributed by atoms with van der Waals surface area (Å²) in [4.78, 5) is 7.94. The molecule has 0 aliphatic carbocycles. The van der Waals surface area contributed by atoms with E-state index in [1.54, 1.807) is 11.3 Å². The van der Waals surface area contributed by atoms with Crippen LogP contribution in [0.25, 0.3) is 0 Å². The Bertz CT molecular complexity index is 345. The van der Waals surface area contributed by atoms with Gasteiger partial charge in [-0.15, -0.1) is 11.3 Å². The van der Waals surface area contributed by atoms with Gasteiger partial charge in [-0.2, -0.15) is 5.26 Å². The molecule has 1 unspecified atom stereocenters. The van der Waals surface area contributed by atoms with Gasteiger partial charge in [-0.1, -0.05) is 0 Å². The largest absolute Gasteiger partial charge is 0.296 e. The Morgan fingerprint density at radius 2 is 2.20 bits per heavy atom.